The number of azo groups is 1. The normalized spacial score (nSPS) is 12.7. The monoisotopic (exact) mass is 438 g/mol. The van der Waals surface area contributed by atoms with Crippen molar-refractivity contribution in [3.63, 3.8) is 0 Å². The number of hydrogen-bond acceptors (Lipinski definition) is 8. The lowest BCUT2D eigenvalue weighted by molar-refractivity contribution is 0.463. The maximum Gasteiger partial charge on any atom is 0.295 e. The van der Waals surface area contributed by atoms with Crippen molar-refractivity contribution in [2.45, 2.75) is 16.7 Å². The summed E-state index contributed by atoms with van der Waals surface area (Å²) in [6.45, 7) is 1.50. The molecule has 0 unspecified atom stereocenters. The number of benzene rings is 3. The van der Waals surface area contributed by atoms with Crippen LogP contribution in [0.5, 0.6) is 11.5 Å². The van der Waals surface area contributed by atoms with Gasteiger partial charge in [0.2, 0.25) is 0 Å². The molecule has 0 amide bonds. The minimum atomic E-state index is -4.72. The fraction of sp³-hybridized carbons (Fsp3) is 0.0588. The molecule has 3 aromatic carbocycles. The van der Waals surface area contributed by atoms with Gasteiger partial charge in [-0.3, -0.25) is 9.11 Å². The fourth-order valence-corrected chi connectivity index (χ4v) is 3.96. The lowest BCUT2D eigenvalue weighted by Crippen LogP contribution is -1.99. The highest BCUT2D eigenvalue weighted by Crippen LogP contribution is 2.43. The molecule has 3 aromatic rings. The second-order valence-corrected chi connectivity index (χ2v) is 8.85. The quantitative estimate of drug-likeness (QED) is 0.354. The standard InChI is InChI=1S/C17H14N2O8S2/c1-9-7-10(28(22,23)24)5-6-12(9)18-19-13-8-15(29(25,26)27)11-3-2-4-14(20)16(11)17(13)21/h2-8,20-21H,1H3,(H,22,23,24)(H,25,26,27). The summed E-state index contributed by atoms with van der Waals surface area (Å²) in [5.41, 5.74) is 0.134. The highest BCUT2D eigenvalue weighted by molar-refractivity contribution is 7.86. The lowest BCUT2D eigenvalue weighted by atomic mass is 10.1. The van der Waals surface area contributed by atoms with Crippen molar-refractivity contribution in [1.29, 1.82) is 0 Å². The lowest BCUT2D eigenvalue weighted by Gasteiger charge is -2.10. The largest absolute Gasteiger partial charge is 0.507 e. The molecule has 0 atom stereocenters. The van der Waals surface area contributed by atoms with Gasteiger partial charge < -0.3 is 10.2 Å². The Balaban J connectivity index is 2.19. The summed E-state index contributed by atoms with van der Waals surface area (Å²) in [5, 5.41) is 27.7. The Morgan fingerprint density at radius 3 is 2.07 bits per heavy atom. The van der Waals surface area contributed by atoms with E-state index in [-0.39, 0.29) is 27.0 Å². The summed E-state index contributed by atoms with van der Waals surface area (Å²) in [6.07, 6.45) is 0. The van der Waals surface area contributed by atoms with E-state index in [9.17, 15) is 31.6 Å². The number of fused-ring (bicyclic) bond motifs is 1. The van der Waals surface area contributed by atoms with Crippen LogP contribution in [0.4, 0.5) is 11.4 Å². The Hall–Kier alpha value is -3.06. The first-order valence-corrected chi connectivity index (χ1v) is 10.7. The second-order valence-electron chi connectivity index (χ2n) is 6.04. The van der Waals surface area contributed by atoms with Gasteiger partial charge in [0.25, 0.3) is 20.2 Å². The second kappa shape index (κ2) is 7.08. The summed E-state index contributed by atoms with van der Waals surface area (Å²) in [4.78, 5) is -0.935. The third kappa shape index (κ3) is 4.05. The van der Waals surface area contributed by atoms with Gasteiger partial charge in [0, 0.05) is 5.39 Å². The van der Waals surface area contributed by atoms with Crippen molar-refractivity contribution in [3.05, 3.63) is 48.0 Å². The molecule has 0 radical (unpaired) electrons. The topological polar surface area (TPSA) is 174 Å². The van der Waals surface area contributed by atoms with Crippen LogP contribution in [-0.2, 0) is 20.2 Å². The predicted octanol–water partition coefficient (Wildman–Crippen LogP) is 3.47. The summed E-state index contributed by atoms with van der Waals surface area (Å²) >= 11 is 0. The van der Waals surface area contributed by atoms with E-state index in [2.05, 4.69) is 10.2 Å². The first-order valence-electron chi connectivity index (χ1n) is 7.84. The molecule has 4 N–H and O–H groups in total. The molecule has 0 saturated heterocycles. The van der Waals surface area contributed by atoms with Crippen LogP contribution in [0.2, 0.25) is 0 Å². The Morgan fingerprint density at radius 1 is 0.828 bits per heavy atom. The van der Waals surface area contributed by atoms with Crippen molar-refractivity contribution in [2.75, 3.05) is 0 Å². The van der Waals surface area contributed by atoms with Gasteiger partial charge >= 0.3 is 0 Å². The van der Waals surface area contributed by atoms with Crippen LogP contribution >= 0.6 is 0 Å². The van der Waals surface area contributed by atoms with E-state index < -0.39 is 36.6 Å². The number of hydrogen-bond donors (Lipinski definition) is 4. The van der Waals surface area contributed by atoms with Gasteiger partial charge in [0.05, 0.1) is 16.0 Å². The van der Waals surface area contributed by atoms with E-state index in [0.717, 1.165) is 18.2 Å². The van der Waals surface area contributed by atoms with E-state index in [1.165, 1.54) is 31.2 Å². The van der Waals surface area contributed by atoms with Gasteiger partial charge in [-0.15, -0.1) is 5.11 Å². The van der Waals surface area contributed by atoms with Crippen LogP contribution in [-0.4, -0.2) is 36.2 Å². The van der Waals surface area contributed by atoms with Crippen molar-refractivity contribution in [1.82, 2.24) is 0 Å². The van der Waals surface area contributed by atoms with Gasteiger partial charge in [-0.05, 0) is 42.8 Å². The molecule has 0 bridgehead atoms. The minimum absolute atomic E-state index is 0.113. The van der Waals surface area contributed by atoms with E-state index in [1.807, 2.05) is 0 Å². The third-order valence-electron chi connectivity index (χ3n) is 4.06. The first kappa shape index (κ1) is 20.7. The molecule has 0 heterocycles. The number of nitrogens with zero attached hydrogens (tertiary/aromatic N) is 2. The molecule has 0 aliphatic carbocycles. The summed E-state index contributed by atoms with van der Waals surface area (Å²) in [6, 6.07) is 8.23. The molecule has 0 fully saturated rings. The summed E-state index contributed by atoms with van der Waals surface area (Å²) in [7, 11) is -9.12. The number of aromatic hydroxyl groups is 2. The maximum atomic E-state index is 11.7. The maximum absolute atomic E-state index is 11.7. The Kier molecular flexibility index (Phi) is 5.04. The van der Waals surface area contributed by atoms with Crippen LogP contribution in [0.15, 0.2) is 62.5 Å². The van der Waals surface area contributed by atoms with Crippen molar-refractivity contribution in [2.24, 2.45) is 10.2 Å². The van der Waals surface area contributed by atoms with E-state index in [4.69, 9.17) is 4.55 Å². The molecule has 0 aliphatic heterocycles. The Morgan fingerprint density at radius 2 is 1.48 bits per heavy atom. The van der Waals surface area contributed by atoms with E-state index in [0.29, 0.717) is 5.56 Å². The Bertz CT molecular complexity index is 1380. The van der Waals surface area contributed by atoms with Crippen molar-refractivity contribution < 1.29 is 36.2 Å². The average Bonchev–Trinajstić information content (AvgIpc) is 2.60. The van der Waals surface area contributed by atoms with Crippen molar-refractivity contribution in [3.8, 4) is 11.5 Å². The number of phenolic OH excluding ortho intramolecular Hbond substituents is 2. The van der Waals surface area contributed by atoms with Gasteiger partial charge in [0.15, 0.2) is 5.75 Å². The molecule has 0 aliphatic rings. The molecule has 0 aromatic heterocycles. The van der Waals surface area contributed by atoms with E-state index in [1.54, 1.807) is 0 Å². The zero-order chi connectivity index (χ0) is 21.6. The zero-order valence-electron chi connectivity index (χ0n) is 14.7. The van der Waals surface area contributed by atoms with Crippen LogP contribution < -0.4 is 0 Å². The molecule has 29 heavy (non-hydrogen) atoms. The summed E-state index contributed by atoms with van der Waals surface area (Å²) < 4.78 is 64.3. The minimum Gasteiger partial charge on any atom is -0.507 e. The van der Waals surface area contributed by atoms with Gasteiger partial charge in [-0.25, -0.2) is 0 Å². The molecule has 0 spiro atoms. The van der Waals surface area contributed by atoms with Gasteiger partial charge in [-0.1, -0.05) is 12.1 Å². The molecular weight excluding hydrogens is 424 g/mol. The van der Waals surface area contributed by atoms with Crippen molar-refractivity contribution >= 4 is 42.4 Å². The highest BCUT2D eigenvalue weighted by Gasteiger charge is 2.21. The molecular formula is C17H14N2O8S2. The van der Waals surface area contributed by atoms with Gasteiger partial charge in [0.1, 0.15) is 16.3 Å². The van der Waals surface area contributed by atoms with Crippen LogP contribution in [0.3, 0.4) is 0 Å². The highest BCUT2D eigenvalue weighted by atomic mass is 32.2. The van der Waals surface area contributed by atoms with Crippen LogP contribution in [0.1, 0.15) is 5.56 Å². The smallest absolute Gasteiger partial charge is 0.295 e. The van der Waals surface area contributed by atoms with Gasteiger partial charge in [-0.2, -0.15) is 21.9 Å². The fourth-order valence-electron chi connectivity index (χ4n) is 2.69. The number of phenols is 2. The van der Waals surface area contributed by atoms with Crippen LogP contribution in [0, 0.1) is 6.92 Å². The predicted molar refractivity (Wildman–Crippen MR) is 102 cm³/mol. The number of aryl methyl sites for hydroxylation is 1. The average molecular weight is 438 g/mol. The molecule has 3 rings (SSSR count). The SMILES string of the molecule is Cc1cc(S(=O)(=O)O)ccc1N=Nc1cc(S(=O)(=O)O)c2cccc(O)c2c1O. The molecule has 152 valence electrons. The number of rotatable bonds is 4. The summed E-state index contributed by atoms with van der Waals surface area (Å²) in [5.74, 6) is -1.00. The zero-order valence-corrected chi connectivity index (χ0v) is 16.3. The molecule has 0 saturated carbocycles. The third-order valence-corrected chi connectivity index (χ3v) is 5.81. The Labute approximate surface area is 165 Å². The molecule has 12 heteroatoms. The first-order chi connectivity index (χ1) is 13.4. The van der Waals surface area contributed by atoms with Crippen LogP contribution in [0.25, 0.3) is 10.8 Å². The van der Waals surface area contributed by atoms with E-state index >= 15 is 0 Å². The molecule has 10 nitrogen and oxygen atoms in total.